The number of hydrogen-bond acceptors (Lipinski definition) is 3. The average molecular weight is 247 g/mol. The van der Waals surface area contributed by atoms with E-state index < -0.39 is 0 Å². The van der Waals surface area contributed by atoms with Gasteiger partial charge in [0.05, 0.1) is 0 Å². The molecule has 0 heterocycles. The largest absolute Gasteiger partial charge is 0.409 e. The molecule has 0 aliphatic heterocycles. The summed E-state index contributed by atoms with van der Waals surface area (Å²) in [5, 5.41) is 11.8. The van der Waals surface area contributed by atoms with Gasteiger partial charge in [0.1, 0.15) is 0 Å². The minimum absolute atomic E-state index is 0.174. The molecule has 1 aromatic carbocycles. The summed E-state index contributed by atoms with van der Waals surface area (Å²) in [5.74, 6) is 0.174. The SMILES string of the molecule is CCCN(c1ccc(/C(N)=N/O)c(C)c1)C1CC1. The second-order valence-corrected chi connectivity index (χ2v) is 4.91. The standard InChI is InChI=1S/C14H21N3O/c1-3-8-17(11-4-5-11)12-6-7-13(10(2)9-12)14(15)16-18/h6-7,9,11,18H,3-5,8H2,1-2H3,(H2,15,16). The molecule has 0 unspecified atom stereocenters. The van der Waals surface area contributed by atoms with Crippen molar-refractivity contribution in [3.63, 3.8) is 0 Å². The highest BCUT2D eigenvalue weighted by molar-refractivity contribution is 5.98. The number of benzene rings is 1. The number of hydrogen-bond donors (Lipinski definition) is 2. The maximum absolute atomic E-state index is 8.73. The molecule has 3 N–H and O–H groups in total. The first-order valence-corrected chi connectivity index (χ1v) is 6.52. The molecule has 0 saturated heterocycles. The lowest BCUT2D eigenvalue weighted by atomic mass is 10.1. The molecule has 1 fully saturated rings. The van der Waals surface area contributed by atoms with Crippen molar-refractivity contribution in [3.8, 4) is 0 Å². The zero-order valence-electron chi connectivity index (χ0n) is 11.1. The molecule has 1 aliphatic rings. The number of nitrogens with two attached hydrogens (primary N) is 1. The second kappa shape index (κ2) is 5.29. The van der Waals surface area contributed by atoms with Crippen LogP contribution in [-0.4, -0.2) is 23.6 Å². The summed E-state index contributed by atoms with van der Waals surface area (Å²) < 4.78 is 0. The molecule has 4 nitrogen and oxygen atoms in total. The molecule has 0 spiro atoms. The van der Waals surface area contributed by atoms with Gasteiger partial charge < -0.3 is 15.8 Å². The zero-order valence-corrected chi connectivity index (χ0v) is 11.1. The van der Waals surface area contributed by atoms with Crippen LogP contribution in [0.1, 0.15) is 37.3 Å². The molecular weight excluding hydrogens is 226 g/mol. The summed E-state index contributed by atoms with van der Waals surface area (Å²) in [6, 6.07) is 6.83. The Morgan fingerprint density at radius 3 is 2.72 bits per heavy atom. The third-order valence-electron chi connectivity index (χ3n) is 3.38. The van der Waals surface area contributed by atoms with Crippen molar-refractivity contribution in [1.82, 2.24) is 0 Å². The predicted octanol–water partition coefficient (Wildman–Crippen LogP) is 2.47. The van der Waals surface area contributed by atoms with E-state index in [2.05, 4.69) is 29.1 Å². The van der Waals surface area contributed by atoms with Crippen molar-refractivity contribution < 1.29 is 5.21 Å². The number of amidine groups is 1. The monoisotopic (exact) mass is 247 g/mol. The van der Waals surface area contributed by atoms with Crippen LogP contribution in [-0.2, 0) is 0 Å². The minimum Gasteiger partial charge on any atom is -0.409 e. The Bertz CT molecular complexity index is 452. The van der Waals surface area contributed by atoms with Crippen LogP contribution in [0.5, 0.6) is 0 Å². The minimum atomic E-state index is 0.174. The summed E-state index contributed by atoms with van der Waals surface area (Å²) >= 11 is 0. The van der Waals surface area contributed by atoms with Crippen LogP contribution in [0.2, 0.25) is 0 Å². The summed E-state index contributed by atoms with van der Waals surface area (Å²) in [6.45, 7) is 5.29. The van der Waals surface area contributed by atoms with Crippen molar-refractivity contribution in [3.05, 3.63) is 29.3 Å². The van der Waals surface area contributed by atoms with Gasteiger partial charge in [-0.05, 0) is 49.9 Å². The number of aryl methyl sites for hydroxylation is 1. The number of anilines is 1. The summed E-state index contributed by atoms with van der Waals surface area (Å²) in [6.07, 6.45) is 3.74. The van der Waals surface area contributed by atoms with Crippen LogP contribution >= 0.6 is 0 Å². The molecule has 4 heteroatoms. The van der Waals surface area contributed by atoms with E-state index in [1.165, 1.54) is 18.5 Å². The molecule has 1 aromatic rings. The van der Waals surface area contributed by atoms with E-state index in [4.69, 9.17) is 10.9 Å². The van der Waals surface area contributed by atoms with Crippen LogP contribution < -0.4 is 10.6 Å². The molecule has 1 aliphatic carbocycles. The van der Waals surface area contributed by atoms with Crippen molar-refractivity contribution in [2.45, 2.75) is 39.2 Å². The normalized spacial score (nSPS) is 15.8. The second-order valence-electron chi connectivity index (χ2n) is 4.91. The van der Waals surface area contributed by atoms with Crippen molar-refractivity contribution in [1.29, 1.82) is 0 Å². The van der Waals surface area contributed by atoms with Crippen molar-refractivity contribution >= 4 is 11.5 Å². The van der Waals surface area contributed by atoms with Gasteiger partial charge in [-0.1, -0.05) is 12.1 Å². The van der Waals surface area contributed by atoms with E-state index in [0.717, 1.165) is 24.1 Å². The van der Waals surface area contributed by atoms with Gasteiger partial charge in [-0.2, -0.15) is 0 Å². The van der Waals surface area contributed by atoms with Gasteiger partial charge >= 0.3 is 0 Å². The molecule has 0 amide bonds. The molecule has 18 heavy (non-hydrogen) atoms. The van der Waals surface area contributed by atoms with Crippen LogP contribution in [0.4, 0.5) is 5.69 Å². The molecule has 2 rings (SSSR count). The van der Waals surface area contributed by atoms with E-state index in [1.54, 1.807) is 0 Å². The maximum atomic E-state index is 8.73. The molecule has 0 bridgehead atoms. The first-order valence-electron chi connectivity index (χ1n) is 6.52. The summed E-state index contributed by atoms with van der Waals surface area (Å²) in [7, 11) is 0. The first kappa shape index (κ1) is 12.7. The van der Waals surface area contributed by atoms with Gasteiger partial charge in [0.15, 0.2) is 5.84 Å². The van der Waals surface area contributed by atoms with Crippen LogP contribution in [0.3, 0.4) is 0 Å². The molecule has 0 aromatic heterocycles. The Morgan fingerprint density at radius 1 is 1.50 bits per heavy atom. The Balaban J connectivity index is 2.26. The third-order valence-corrected chi connectivity index (χ3v) is 3.38. The van der Waals surface area contributed by atoms with Crippen molar-refractivity contribution in [2.24, 2.45) is 10.9 Å². The van der Waals surface area contributed by atoms with E-state index in [9.17, 15) is 0 Å². The van der Waals surface area contributed by atoms with E-state index >= 15 is 0 Å². The van der Waals surface area contributed by atoms with Crippen LogP contribution in [0.25, 0.3) is 0 Å². The molecule has 0 radical (unpaired) electrons. The van der Waals surface area contributed by atoms with Gasteiger partial charge in [0.2, 0.25) is 0 Å². The Morgan fingerprint density at radius 2 is 2.22 bits per heavy atom. The Kier molecular flexibility index (Phi) is 3.75. The fourth-order valence-electron chi connectivity index (χ4n) is 2.32. The molecule has 98 valence electrons. The summed E-state index contributed by atoms with van der Waals surface area (Å²) in [4.78, 5) is 2.46. The van der Waals surface area contributed by atoms with E-state index in [0.29, 0.717) is 6.04 Å². The smallest absolute Gasteiger partial charge is 0.170 e. The van der Waals surface area contributed by atoms with Gasteiger partial charge in [0, 0.05) is 23.8 Å². The summed E-state index contributed by atoms with van der Waals surface area (Å²) in [5.41, 5.74) is 8.73. The van der Waals surface area contributed by atoms with E-state index in [-0.39, 0.29) is 5.84 Å². The first-order chi connectivity index (χ1) is 8.67. The number of nitrogens with zero attached hydrogens (tertiary/aromatic N) is 2. The van der Waals surface area contributed by atoms with Crippen molar-refractivity contribution in [2.75, 3.05) is 11.4 Å². The molecule has 1 saturated carbocycles. The zero-order chi connectivity index (χ0) is 13.1. The Labute approximate surface area is 108 Å². The van der Waals surface area contributed by atoms with Gasteiger partial charge in [-0.15, -0.1) is 0 Å². The fraction of sp³-hybridized carbons (Fsp3) is 0.500. The van der Waals surface area contributed by atoms with Crippen LogP contribution in [0.15, 0.2) is 23.4 Å². The average Bonchev–Trinajstić information content (AvgIpc) is 3.19. The van der Waals surface area contributed by atoms with Crippen LogP contribution in [0, 0.1) is 6.92 Å². The highest BCUT2D eigenvalue weighted by Gasteiger charge is 2.28. The third kappa shape index (κ3) is 2.58. The topological polar surface area (TPSA) is 61.8 Å². The van der Waals surface area contributed by atoms with Gasteiger partial charge in [0.25, 0.3) is 0 Å². The van der Waals surface area contributed by atoms with E-state index in [1.807, 2.05) is 13.0 Å². The lowest BCUT2D eigenvalue weighted by Crippen LogP contribution is -2.26. The number of rotatable bonds is 5. The number of oxime groups is 1. The lowest BCUT2D eigenvalue weighted by molar-refractivity contribution is 0.318. The highest BCUT2D eigenvalue weighted by Crippen LogP contribution is 2.32. The molecular formula is C14H21N3O. The Hall–Kier alpha value is -1.71. The van der Waals surface area contributed by atoms with Gasteiger partial charge in [-0.3, -0.25) is 0 Å². The molecule has 0 atom stereocenters. The predicted molar refractivity (Wildman–Crippen MR) is 74.3 cm³/mol. The van der Waals surface area contributed by atoms with Gasteiger partial charge in [-0.25, -0.2) is 0 Å². The fourth-order valence-corrected chi connectivity index (χ4v) is 2.32. The quantitative estimate of drug-likeness (QED) is 0.363. The highest BCUT2D eigenvalue weighted by atomic mass is 16.4. The lowest BCUT2D eigenvalue weighted by Gasteiger charge is -2.25. The maximum Gasteiger partial charge on any atom is 0.170 e.